The number of rotatable bonds is 4. The zero-order valence-corrected chi connectivity index (χ0v) is 10.4. The van der Waals surface area contributed by atoms with E-state index in [9.17, 15) is 9.59 Å². The van der Waals surface area contributed by atoms with Gasteiger partial charge in [-0.1, -0.05) is 0 Å². The SMILES string of the molecule is CC(C)n1ccc(NC(=O)c2nc[nH]c2C(=O)O)n1. The summed E-state index contributed by atoms with van der Waals surface area (Å²) in [6.45, 7) is 3.91. The summed E-state index contributed by atoms with van der Waals surface area (Å²) in [5.74, 6) is -1.51. The highest BCUT2D eigenvalue weighted by atomic mass is 16.4. The van der Waals surface area contributed by atoms with Crippen LogP contribution < -0.4 is 5.32 Å². The number of carboxylic acid groups (broad SMARTS) is 1. The maximum Gasteiger partial charge on any atom is 0.354 e. The number of carbonyl (C=O) groups excluding carboxylic acids is 1. The minimum absolute atomic E-state index is 0.172. The molecule has 2 aromatic heterocycles. The van der Waals surface area contributed by atoms with Crippen LogP contribution in [0.1, 0.15) is 40.9 Å². The molecule has 0 bridgehead atoms. The van der Waals surface area contributed by atoms with E-state index in [2.05, 4.69) is 20.4 Å². The number of nitrogens with one attached hydrogen (secondary N) is 2. The molecule has 0 aliphatic heterocycles. The number of carbonyl (C=O) groups is 2. The molecule has 0 radical (unpaired) electrons. The molecule has 100 valence electrons. The number of aromatic carboxylic acids is 1. The number of hydrogen-bond acceptors (Lipinski definition) is 4. The number of anilines is 1. The zero-order chi connectivity index (χ0) is 14.0. The van der Waals surface area contributed by atoms with Crippen LogP contribution in [0.25, 0.3) is 0 Å². The van der Waals surface area contributed by atoms with E-state index in [1.54, 1.807) is 16.9 Å². The summed E-state index contributed by atoms with van der Waals surface area (Å²) in [5, 5.41) is 15.5. The minimum Gasteiger partial charge on any atom is -0.477 e. The maximum atomic E-state index is 11.9. The topological polar surface area (TPSA) is 113 Å². The molecule has 0 spiro atoms. The second kappa shape index (κ2) is 4.92. The Hall–Kier alpha value is -2.64. The molecule has 0 fully saturated rings. The Bertz CT molecular complexity index is 613. The van der Waals surface area contributed by atoms with Crippen molar-refractivity contribution in [3.8, 4) is 0 Å². The summed E-state index contributed by atoms with van der Waals surface area (Å²) in [5.41, 5.74) is -0.424. The van der Waals surface area contributed by atoms with Crippen LogP contribution in [0.3, 0.4) is 0 Å². The molecule has 0 aliphatic carbocycles. The molecule has 2 aromatic rings. The fourth-order valence-corrected chi connectivity index (χ4v) is 1.50. The number of amides is 1. The summed E-state index contributed by atoms with van der Waals surface area (Å²) in [6, 6.07) is 1.80. The molecule has 0 unspecified atom stereocenters. The first-order valence-electron chi connectivity index (χ1n) is 5.62. The van der Waals surface area contributed by atoms with Crippen LogP contribution in [0.5, 0.6) is 0 Å². The van der Waals surface area contributed by atoms with Gasteiger partial charge in [-0.3, -0.25) is 9.48 Å². The fraction of sp³-hybridized carbons (Fsp3) is 0.273. The van der Waals surface area contributed by atoms with E-state index in [0.29, 0.717) is 5.82 Å². The summed E-state index contributed by atoms with van der Waals surface area (Å²) < 4.78 is 1.68. The van der Waals surface area contributed by atoms with Crippen LogP contribution >= 0.6 is 0 Å². The molecule has 0 atom stereocenters. The zero-order valence-electron chi connectivity index (χ0n) is 10.4. The molecular weight excluding hydrogens is 250 g/mol. The van der Waals surface area contributed by atoms with Gasteiger partial charge in [0.25, 0.3) is 5.91 Å². The van der Waals surface area contributed by atoms with Gasteiger partial charge in [-0.2, -0.15) is 5.10 Å². The summed E-state index contributed by atoms with van der Waals surface area (Å²) >= 11 is 0. The fourth-order valence-electron chi connectivity index (χ4n) is 1.50. The van der Waals surface area contributed by atoms with Crippen molar-refractivity contribution in [3.63, 3.8) is 0 Å². The highest BCUT2D eigenvalue weighted by Crippen LogP contribution is 2.10. The normalized spacial score (nSPS) is 10.7. The van der Waals surface area contributed by atoms with Crippen molar-refractivity contribution in [1.82, 2.24) is 19.7 Å². The van der Waals surface area contributed by atoms with E-state index in [1.165, 1.54) is 0 Å². The predicted octanol–water partition coefficient (Wildman–Crippen LogP) is 1.14. The molecule has 2 heterocycles. The third kappa shape index (κ3) is 2.62. The molecule has 2 rings (SSSR count). The van der Waals surface area contributed by atoms with Gasteiger partial charge in [0.05, 0.1) is 6.33 Å². The molecule has 0 saturated carbocycles. The van der Waals surface area contributed by atoms with Gasteiger partial charge in [0.2, 0.25) is 0 Å². The van der Waals surface area contributed by atoms with Gasteiger partial charge in [0.15, 0.2) is 17.2 Å². The molecule has 0 aliphatic rings. The lowest BCUT2D eigenvalue weighted by Gasteiger charge is -2.04. The van der Waals surface area contributed by atoms with Gasteiger partial charge in [-0.15, -0.1) is 0 Å². The molecule has 8 heteroatoms. The first-order valence-corrected chi connectivity index (χ1v) is 5.62. The Morgan fingerprint density at radius 1 is 1.47 bits per heavy atom. The van der Waals surface area contributed by atoms with E-state index in [4.69, 9.17) is 5.11 Å². The highest BCUT2D eigenvalue weighted by Gasteiger charge is 2.20. The first kappa shape index (κ1) is 12.8. The standard InChI is InChI=1S/C11H13N5O3/c1-6(2)16-4-3-7(15-16)14-10(17)8-9(11(18)19)13-5-12-8/h3-6H,1-2H3,(H,12,13)(H,18,19)(H,14,15,17). The molecule has 19 heavy (non-hydrogen) atoms. The van der Waals surface area contributed by atoms with Crippen molar-refractivity contribution in [1.29, 1.82) is 0 Å². The largest absolute Gasteiger partial charge is 0.477 e. The van der Waals surface area contributed by atoms with E-state index in [-0.39, 0.29) is 17.4 Å². The first-order chi connectivity index (χ1) is 8.99. The second-order valence-electron chi connectivity index (χ2n) is 4.16. The smallest absolute Gasteiger partial charge is 0.354 e. The molecule has 3 N–H and O–H groups in total. The van der Waals surface area contributed by atoms with Crippen molar-refractivity contribution < 1.29 is 14.7 Å². The van der Waals surface area contributed by atoms with Gasteiger partial charge >= 0.3 is 5.97 Å². The summed E-state index contributed by atoms with van der Waals surface area (Å²) in [4.78, 5) is 28.8. The number of aromatic nitrogens is 4. The number of nitrogens with zero attached hydrogens (tertiary/aromatic N) is 3. The van der Waals surface area contributed by atoms with Crippen LogP contribution in [-0.4, -0.2) is 36.7 Å². The Kier molecular flexibility index (Phi) is 3.32. The van der Waals surface area contributed by atoms with Crippen molar-refractivity contribution in [2.24, 2.45) is 0 Å². The van der Waals surface area contributed by atoms with E-state index >= 15 is 0 Å². The Morgan fingerprint density at radius 2 is 2.21 bits per heavy atom. The second-order valence-corrected chi connectivity index (χ2v) is 4.16. The lowest BCUT2D eigenvalue weighted by Crippen LogP contribution is -2.17. The van der Waals surface area contributed by atoms with Gasteiger partial charge in [-0.25, -0.2) is 9.78 Å². The molecule has 0 saturated heterocycles. The van der Waals surface area contributed by atoms with Crippen molar-refractivity contribution in [2.45, 2.75) is 19.9 Å². The van der Waals surface area contributed by atoms with Crippen LogP contribution in [0, 0.1) is 0 Å². The Labute approximate surface area is 108 Å². The predicted molar refractivity (Wildman–Crippen MR) is 66.1 cm³/mol. The number of hydrogen-bond donors (Lipinski definition) is 3. The van der Waals surface area contributed by atoms with Crippen LogP contribution in [0.15, 0.2) is 18.6 Å². The maximum absolute atomic E-state index is 11.9. The van der Waals surface area contributed by atoms with Gasteiger partial charge in [0, 0.05) is 18.3 Å². The van der Waals surface area contributed by atoms with Crippen LogP contribution in [0.2, 0.25) is 0 Å². The average Bonchev–Trinajstić information content (AvgIpc) is 2.96. The van der Waals surface area contributed by atoms with Gasteiger partial charge in [-0.05, 0) is 13.8 Å². The highest BCUT2D eigenvalue weighted by molar-refractivity contribution is 6.08. The van der Waals surface area contributed by atoms with E-state index in [0.717, 1.165) is 6.33 Å². The number of aromatic amines is 1. The summed E-state index contributed by atoms with van der Waals surface area (Å²) in [6.07, 6.45) is 2.88. The molecule has 8 nitrogen and oxygen atoms in total. The van der Waals surface area contributed by atoms with Crippen molar-refractivity contribution in [3.05, 3.63) is 30.0 Å². The molecule has 0 aromatic carbocycles. The lowest BCUT2D eigenvalue weighted by molar-refractivity contribution is 0.0686. The third-order valence-corrected chi connectivity index (χ3v) is 2.45. The van der Waals surface area contributed by atoms with Crippen molar-refractivity contribution in [2.75, 3.05) is 5.32 Å². The number of carboxylic acids is 1. The van der Waals surface area contributed by atoms with Crippen molar-refractivity contribution >= 4 is 17.7 Å². The molecule has 1 amide bonds. The quantitative estimate of drug-likeness (QED) is 0.765. The van der Waals surface area contributed by atoms with E-state index < -0.39 is 11.9 Å². The van der Waals surface area contributed by atoms with Crippen LogP contribution in [0.4, 0.5) is 5.82 Å². The monoisotopic (exact) mass is 263 g/mol. The minimum atomic E-state index is -1.24. The molecular formula is C11H13N5O3. The number of imidazole rings is 1. The Balaban J connectivity index is 2.16. The van der Waals surface area contributed by atoms with Gasteiger partial charge in [0.1, 0.15) is 0 Å². The Morgan fingerprint density at radius 3 is 2.79 bits per heavy atom. The van der Waals surface area contributed by atoms with Gasteiger partial charge < -0.3 is 15.4 Å². The summed E-state index contributed by atoms with van der Waals surface area (Å²) in [7, 11) is 0. The van der Waals surface area contributed by atoms with Crippen LogP contribution in [-0.2, 0) is 0 Å². The lowest BCUT2D eigenvalue weighted by atomic mass is 10.3. The van der Waals surface area contributed by atoms with E-state index in [1.807, 2.05) is 13.8 Å². The third-order valence-electron chi connectivity index (χ3n) is 2.45. The average molecular weight is 263 g/mol. The number of H-pyrrole nitrogens is 1.